The average Bonchev–Trinajstić information content (AvgIpc) is 3.12. The van der Waals surface area contributed by atoms with Crippen LogP contribution in [-0.4, -0.2) is 48.4 Å². The van der Waals surface area contributed by atoms with Gasteiger partial charge in [-0.2, -0.15) is 0 Å². The number of halogens is 2. The van der Waals surface area contributed by atoms with Crippen molar-refractivity contribution in [2.75, 3.05) is 37.6 Å². The first kappa shape index (κ1) is 23.0. The Kier molecular flexibility index (Phi) is 6.91. The Morgan fingerprint density at radius 1 is 0.853 bits per heavy atom. The molecule has 0 aliphatic carbocycles. The summed E-state index contributed by atoms with van der Waals surface area (Å²) in [6, 6.07) is 22.1. The molecule has 0 aromatic heterocycles. The highest BCUT2D eigenvalue weighted by Crippen LogP contribution is 2.32. The van der Waals surface area contributed by atoms with E-state index in [1.807, 2.05) is 35.2 Å². The van der Waals surface area contributed by atoms with Crippen LogP contribution in [0.25, 0.3) is 6.08 Å². The Labute approximate surface area is 211 Å². The van der Waals surface area contributed by atoms with Crippen molar-refractivity contribution in [3.05, 3.63) is 99.5 Å². The predicted octanol–water partition coefficient (Wildman–Crippen LogP) is 6.51. The smallest absolute Gasteiger partial charge is 0.253 e. The van der Waals surface area contributed by atoms with E-state index in [0.29, 0.717) is 16.6 Å². The summed E-state index contributed by atoms with van der Waals surface area (Å²) in [5.41, 5.74) is 5.25. The summed E-state index contributed by atoms with van der Waals surface area (Å²) in [6.07, 6.45) is 5.26. The molecule has 34 heavy (non-hydrogen) atoms. The van der Waals surface area contributed by atoms with Gasteiger partial charge in [-0.05, 0) is 53.9 Å². The maximum atomic E-state index is 13.2. The van der Waals surface area contributed by atoms with Crippen molar-refractivity contribution in [1.29, 1.82) is 0 Å². The fourth-order valence-corrected chi connectivity index (χ4v) is 5.09. The van der Waals surface area contributed by atoms with Crippen LogP contribution in [0.5, 0.6) is 0 Å². The van der Waals surface area contributed by atoms with E-state index in [9.17, 15) is 4.79 Å². The minimum atomic E-state index is 0.0909. The van der Waals surface area contributed by atoms with Crippen LogP contribution in [0.1, 0.15) is 27.9 Å². The molecule has 3 aromatic carbocycles. The van der Waals surface area contributed by atoms with Crippen molar-refractivity contribution in [1.82, 2.24) is 9.80 Å². The van der Waals surface area contributed by atoms with Gasteiger partial charge < -0.3 is 9.80 Å². The molecule has 4 nitrogen and oxygen atoms in total. The molecular weight excluding hydrogens is 465 g/mol. The third-order valence-corrected chi connectivity index (χ3v) is 7.40. The molecule has 2 aliphatic rings. The number of fused-ring (bicyclic) bond motifs is 1. The van der Waals surface area contributed by atoms with E-state index in [2.05, 4.69) is 58.4 Å². The Hall–Kier alpha value is -2.79. The Bertz CT molecular complexity index is 1210. The quantitative estimate of drug-likeness (QED) is 0.416. The van der Waals surface area contributed by atoms with Gasteiger partial charge in [0.1, 0.15) is 0 Å². The fraction of sp³-hybridized carbons (Fsp3) is 0.250. The number of benzene rings is 3. The minimum Gasteiger partial charge on any atom is -0.337 e. The fourth-order valence-electron chi connectivity index (χ4n) is 4.71. The lowest BCUT2D eigenvalue weighted by Gasteiger charge is -2.28. The Balaban J connectivity index is 1.24. The second-order valence-corrected chi connectivity index (χ2v) is 9.54. The lowest BCUT2D eigenvalue weighted by molar-refractivity contribution is 0.0761. The zero-order valence-electron chi connectivity index (χ0n) is 19.0. The Morgan fingerprint density at radius 2 is 1.68 bits per heavy atom. The molecule has 2 heterocycles. The number of carbonyl (C=O) groups is 1. The predicted molar refractivity (Wildman–Crippen MR) is 141 cm³/mol. The molecule has 1 amide bonds. The van der Waals surface area contributed by atoms with Crippen LogP contribution >= 0.6 is 23.2 Å². The molecule has 174 valence electrons. The largest absolute Gasteiger partial charge is 0.337 e. The lowest BCUT2D eigenvalue weighted by atomic mass is 10.1. The van der Waals surface area contributed by atoms with Crippen molar-refractivity contribution >= 4 is 46.6 Å². The van der Waals surface area contributed by atoms with Gasteiger partial charge in [0.05, 0.1) is 10.0 Å². The van der Waals surface area contributed by atoms with Crippen LogP contribution in [0.4, 0.5) is 11.4 Å². The highest BCUT2D eigenvalue weighted by molar-refractivity contribution is 6.42. The summed E-state index contributed by atoms with van der Waals surface area (Å²) >= 11 is 12.6. The third kappa shape index (κ3) is 4.85. The van der Waals surface area contributed by atoms with Crippen molar-refractivity contribution in [2.45, 2.75) is 13.0 Å². The first-order chi connectivity index (χ1) is 16.6. The van der Waals surface area contributed by atoms with Crippen LogP contribution < -0.4 is 4.90 Å². The Morgan fingerprint density at radius 3 is 2.53 bits per heavy atom. The highest BCUT2D eigenvalue weighted by Gasteiger charge is 2.22. The summed E-state index contributed by atoms with van der Waals surface area (Å²) in [7, 11) is 0. The highest BCUT2D eigenvalue weighted by atomic mass is 35.5. The zero-order chi connectivity index (χ0) is 23.5. The maximum absolute atomic E-state index is 13.2. The van der Waals surface area contributed by atoms with Crippen molar-refractivity contribution in [3.8, 4) is 0 Å². The van der Waals surface area contributed by atoms with Gasteiger partial charge in [0.2, 0.25) is 0 Å². The SMILES string of the molecule is O=C(c1ccc(N2CC=Cc3ccccc32)cc1)N1CCCN(Cc2cccc(Cl)c2Cl)CC1. The van der Waals surface area contributed by atoms with Gasteiger partial charge in [-0.1, -0.05) is 65.7 Å². The van der Waals surface area contributed by atoms with E-state index in [0.717, 1.165) is 56.0 Å². The molecule has 2 aliphatic heterocycles. The third-order valence-electron chi connectivity index (χ3n) is 6.54. The van der Waals surface area contributed by atoms with E-state index in [1.165, 1.54) is 11.3 Å². The molecule has 0 unspecified atom stereocenters. The molecule has 0 spiro atoms. The van der Waals surface area contributed by atoms with Gasteiger partial charge in [-0.3, -0.25) is 9.69 Å². The molecular formula is C28H27Cl2N3O. The number of rotatable bonds is 4. The second kappa shape index (κ2) is 10.2. The average molecular weight is 492 g/mol. The van der Waals surface area contributed by atoms with Gasteiger partial charge in [0.15, 0.2) is 0 Å². The summed E-state index contributed by atoms with van der Waals surface area (Å²) in [6.45, 7) is 4.75. The normalized spacial score (nSPS) is 16.3. The monoisotopic (exact) mass is 491 g/mol. The number of amides is 1. The van der Waals surface area contributed by atoms with E-state index < -0.39 is 0 Å². The topological polar surface area (TPSA) is 26.8 Å². The van der Waals surface area contributed by atoms with Gasteiger partial charge in [0.25, 0.3) is 5.91 Å². The molecule has 0 N–H and O–H groups in total. The van der Waals surface area contributed by atoms with Gasteiger partial charge in [-0.25, -0.2) is 0 Å². The molecule has 0 bridgehead atoms. The molecule has 1 saturated heterocycles. The maximum Gasteiger partial charge on any atom is 0.253 e. The number of carbonyl (C=O) groups excluding carboxylic acids is 1. The summed E-state index contributed by atoms with van der Waals surface area (Å²) in [4.78, 5) is 19.8. The zero-order valence-corrected chi connectivity index (χ0v) is 20.5. The van der Waals surface area contributed by atoms with Crippen LogP contribution in [0.15, 0.2) is 72.8 Å². The number of nitrogens with zero attached hydrogens (tertiary/aromatic N) is 3. The van der Waals surface area contributed by atoms with Crippen LogP contribution in [-0.2, 0) is 6.54 Å². The van der Waals surface area contributed by atoms with Gasteiger partial charge in [-0.15, -0.1) is 0 Å². The summed E-state index contributed by atoms with van der Waals surface area (Å²) < 4.78 is 0. The molecule has 6 heteroatoms. The summed E-state index contributed by atoms with van der Waals surface area (Å²) in [5, 5.41) is 1.20. The number of para-hydroxylation sites is 1. The number of anilines is 2. The van der Waals surface area contributed by atoms with Gasteiger partial charge in [0, 0.05) is 56.2 Å². The van der Waals surface area contributed by atoms with Crippen molar-refractivity contribution in [2.24, 2.45) is 0 Å². The molecule has 3 aromatic rings. The first-order valence-corrected chi connectivity index (χ1v) is 12.4. The van der Waals surface area contributed by atoms with E-state index in [4.69, 9.17) is 23.2 Å². The van der Waals surface area contributed by atoms with E-state index in [1.54, 1.807) is 0 Å². The standard InChI is InChI=1S/C28H27Cl2N3O/c29-25-9-3-7-23(27(25)30)20-31-15-5-16-32(19-18-31)28(34)22-11-13-24(14-12-22)33-17-4-8-21-6-1-2-10-26(21)33/h1-4,6-14H,5,15-20H2. The van der Waals surface area contributed by atoms with E-state index in [-0.39, 0.29) is 5.91 Å². The summed E-state index contributed by atoms with van der Waals surface area (Å²) in [5.74, 6) is 0.0909. The molecule has 0 atom stereocenters. The molecule has 0 radical (unpaired) electrons. The van der Waals surface area contributed by atoms with E-state index >= 15 is 0 Å². The van der Waals surface area contributed by atoms with Crippen molar-refractivity contribution < 1.29 is 4.79 Å². The second-order valence-electron chi connectivity index (χ2n) is 8.75. The minimum absolute atomic E-state index is 0.0909. The van der Waals surface area contributed by atoms with Crippen LogP contribution in [0.3, 0.4) is 0 Å². The number of hydrogen-bond donors (Lipinski definition) is 0. The van der Waals surface area contributed by atoms with Crippen LogP contribution in [0.2, 0.25) is 10.0 Å². The van der Waals surface area contributed by atoms with Crippen molar-refractivity contribution in [3.63, 3.8) is 0 Å². The van der Waals surface area contributed by atoms with Gasteiger partial charge >= 0.3 is 0 Å². The number of hydrogen-bond acceptors (Lipinski definition) is 3. The molecule has 1 fully saturated rings. The molecule has 0 saturated carbocycles. The first-order valence-electron chi connectivity index (χ1n) is 11.7. The lowest BCUT2D eigenvalue weighted by Crippen LogP contribution is -2.35. The van der Waals surface area contributed by atoms with Crippen LogP contribution in [0, 0.1) is 0 Å². The molecule has 5 rings (SSSR count).